The molecule has 1 aromatic carbocycles. The van der Waals surface area contributed by atoms with Crippen molar-refractivity contribution in [1.82, 2.24) is 10.2 Å². The van der Waals surface area contributed by atoms with Crippen molar-refractivity contribution in [3.63, 3.8) is 0 Å². The molecule has 1 aliphatic heterocycles. The van der Waals surface area contributed by atoms with Crippen molar-refractivity contribution in [2.24, 2.45) is 4.99 Å². The van der Waals surface area contributed by atoms with Gasteiger partial charge < -0.3 is 9.64 Å². The second-order valence-electron chi connectivity index (χ2n) is 6.14. The maximum atomic E-state index is 13.4. The Kier molecular flexibility index (Phi) is 5.62. The summed E-state index contributed by atoms with van der Waals surface area (Å²) in [6.45, 7) is 2.94. The topological polar surface area (TPSA) is 53.9 Å². The highest BCUT2D eigenvalue weighted by molar-refractivity contribution is 5.95. The molecule has 5 nitrogen and oxygen atoms in total. The summed E-state index contributed by atoms with van der Waals surface area (Å²) in [6, 6.07) is 1.16. The van der Waals surface area contributed by atoms with E-state index in [0.29, 0.717) is 6.07 Å². The molecule has 11 heteroatoms. The van der Waals surface area contributed by atoms with Crippen molar-refractivity contribution in [2.75, 3.05) is 13.6 Å². The van der Waals surface area contributed by atoms with Gasteiger partial charge >= 0.3 is 18.4 Å². The van der Waals surface area contributed by atoms with Crippen molar-refractivity contribution >= 4 is 12.1 Å². The van der Waals surface area contributed by atoms with Crippen molar-refractivity contribution in [3.8, 4) is 0 Å². The minimum absolute atomic E-state index is 0.0869. The van der Waals surface area contributed by atoms with Crippen LogP contribution in [0, 0.1) is 0 Å². The molecule has 2 rings (SSSR count). The molecule has 0 saturated carbocycles. The van der Waals surface area contributed by atoms with Crippen LogP contribution < -0.4 is 5.32 Å². The van der Waals surface area contributed by atoms with Crippen LogP contribution in [-0.4, -0.2) is 36.6 Å². The van der Waals surface area contributed by atoms with Gasteiger partial charge in [0, 0.05) is 7.05 Å². The first kappa shape index (κ1) is 20.8. The molecular formula is C16H17F6N3O2. The van der Waals surface area contributed by atoms with Gasteiger partial charge in [0.1, 0.15) is 0 Å². The lowest BCUT2D eigenvalue weighted by atomic mass is 9.94. The third-order valence-electron chi connectivity index (χ3n) is 3.82. The van der Waals surface area contributed by atoms with Crippen LogP contribution in [0.4, 0.5) is 31.1 Å². The van der Waals surface area contributed by atoms with E-state index in [-0.39, 0.29) is 12.5 Å². The number of nitrogens with one attached hydrogen (secondary N) is 1. The molecule has 1 N–H and O–H groups in total. The molecular weight excluding hydrogens is 380 g/mol. The van der Waals surface area contributed by atoms with Crippen molar-refractivity contribution < 1.29 is 35.9 Å². The van der Waals surface area contributed by atoms with Crippen molar-refractivity contribution in [1.29, 1.82) is 0 Å². The average Bonchev–Trinajstić information content (AvgIpc) is 2.85. The van der Waals surface area contributed by atoms with Crippen LogP contribution >= 0.6 is 0 Å². The van der Waals surface area contributed by atoms with Gasteiger partial charge in [-0.15, -0.1) is 0 Å². The summed E-state index contributed by atoms with van der Waals surface area (Å²) in [5.41, 5.74) is -4.09. The van der Waals surface area contributed by atoms with Crippen LogP contribution in [0.5, 0.6) is 0 Å². The molecule has 0 saturated heterocycles. The van der Waals surface area contributed by atoms with Crippen LogP contribution in [0.2, 0.25) is 0 Å². The number of nitrogens with zero attached hydrogens (tertiary/aromatic N) is 2. The summed E-state index contributed by atoms with van der Waals surface area (Å²) >= 11 is 0. The Hall–Kier alpha value is -2.46. The SMILES string of the molecule is CC(C)OC(=O)NC1=NCC(c2cccc(C(F)(F)F)c2C(F)(F)F)N1C. The second kappa shape index (κ2) is 7.28. The van der Waals surface area contributed by atoms with Gasteiger partial charge in [-0.25, -0.2) is 4.79 Å². The summed E-state index contributed by atoms with van der Waals surface area (Å²) in [5.74, 6) is -0.0869. The number of rotatable bonds is 2. The Morgan fingerprint density at radius 2 is 1.85 bits per heavy atom. The van der Waals surface area contributed by atoms with Gasteiger partial charge in [0.25, 0.3) is 0 Å². The van der Waals surface area contributed by atoms with E-state index >= 15 is 0 Å². The van der Waals surface area contributed by atoms with Crippen LogP contribution in [0.15, 0.2) is 23.2 Å². The number of amides is 1. The number of halogens is 6. The molecule has 1 amide bonds. The number of likely N-dealkylation sites (N-methyl/N-ethyl adjacent to an activating group) is 1. The van der Waals surface area contributed by atoms with Crippen LogP contribution in [0.25, 0.3) is 0 Å². The third kappa shape index (κ3) is 4.64. The summed E-state index contributed by atoms with van der Waals surface area (Å²) in [7, 11) is 1.33. The molecule has 0 bridgehead atoms. The van der Waals surface area contributed by atoms with Gasteiger partial charge in [0.2, 0.25) is 5.96 Å². The molecule has 1 aromatic rings. The smallest absolute Gasteiger partial charge is 0.417 e. The largest absolute Gasteiger partial charge is 0.447 e. The predicted octanol–water partition coefficient (Wildman–Crippen LogP) is 4.20. The number of aliphatic imine (C=N–C) groups is 1. The molecule has 27 heavy (non-hydrogen) atoms. The van der Waals surface area contributed by atoms with Crippen molar-refractivity contribution in [2.45, 2.75) is 38.3 Å². The number of carbonyl (C=O) groups excluding carboxylic acids is 1. The Balaban J connectivity index is 2.36. The Bertz CT molecular complexity index is 743. The Labute approximate surface area is 151 Å². The number of alkyl carbamates (subject to hydrolysis) is 1. The molecule has 1 heterocycles. The van der Waals surface area contributed by atoms with Gasteiger partial charge in [-0.3, -0.25) is 10.3 Å². The molecule has 0 aromatic heterocycles. The Morgan fingerprint density at radius 1 is 1.22 bits per heavy atom. The molecule has 150 valence electrons. The first-order valence-electron chi connectivity index (χ1n) is 7.84. The number of carbonyl (C=O) groups is 1. The maximum absolute atomic E-state index is 13.4. The quantitative estimate of drug-likeness (QED) is 0.761. The van der Waals surface area contributed by atoms with Crippen LogP contribution in [-0.2, 0) is 17.1 Å². The van der Waals surface area contributed by atoms with E-state index in [9.17, 15) is 31.1 Å². The Morgan fingerprint density at radius 3 is 2.37 bits per heavy atom. The molecule has 1 aliphatic rings. The highest BCUT2D eigenvalue weighted by Crippen LogP contribution is 2.44. The van der Waals surface area contributed by atoms with E-state index in [2.05, 4.69) is 10.3 Å². The fourth-order valence-corrected chi connectivity index (χ4v) is 2.72. The summed E-state index contributed by atoms with van der Waals surface area (Å²) in [5, 5.41) is 2.27. The monoisotopic (exact) mass is 397 g/mol. The molecule has 0 radical (unpaired) electrons. The maximum Gasteiger partial charge on any atom is 0.417 e. The zero-order valence-electron chi connectivity index (χ0n) is 14.6. The van der Waals surface area contributed by atoms with E-state index in [1.165, 1.54) is 11.9 Å². The average molecular weight is 397 g/mol. The lowest BCUT2D eigenvalue weighted by molar-refractivity contribution is -0.162. The summed E-state index contributed by atoms with van der Waals surface area (Å²) < 4.78 is 84.4. The van der Waals surface area contributed by atoms with Crippen LogP contribution in [0.1, 0.15) is 36.6 Å². The van der Waals surface area contributed by atoms with E-state index in [1.807, 2.05) is 0 Å². The summed E-state index contributed by atoms with van der Waals surface area (Å²) in [6.07, 6.45) is -11.7. The fraction of sp³-hybridized carbons (Fsp3) is 0.500. The van der Waals surface area contributed by atoms with E-state index in [4.69, 9.17) is 4.74 Å². The van der Waals surface area contributed by atoms with Gasteiger partial charge in [-0.05, 0) is 25.5 Å². The molecule has 0 fully saturated rings. The minimum Gasteiger partial charge on any atom is -0.447 e. The lowest BCUT2D eigenvalue weighted by Gasteiger charge is -2.27. The highest BCUT2D eigenvalue weighted by atomic mass is 19.4. The number of hydrogen-bond acceptors (Lipinski definition) is 4. The van der Waals surface area contributed by atoms with Gasteiger partial charge in [0.15, 0.2) is 0 Å². The van der Waals surface area contributed by atoms with Crippen LogP contribution in [0.3, 0.4) is 0 Å². The van der Waals surface area contributed by atoms with E-state index in [0.717, 1.165) is 12.1 Å². The molecule has 1 atom stereocenters. The van der Waals surface area contributed by atoms with Gasteiger partial charge in [0.05, 0.1) is 29.8 Å². The zero-order valence-corrected chi connectivity index (χ0v) is 14.6. The molecule has 1 unspecified atom stereocenters. The van der Waals surface area contributed by atoms with E-state index < -0.39 is 47.3 Å². The number of benzene rings is 1. The third-order valence-corrected chi connectivity index (χ3v) is 3.82. The van der Waals surface area contributed by atoms with Crippen molar-refractivity contribution in [3.05, 3.63) is 34.9 Å². The normalized spacial score (nSPS) is 17.9. The number of hydrogen-bond donors (Lipinski definition) is 1. The predicted molar refractivity (Wildman–Crippen MR) is 84.0 cm³/mol. The number of ether oxygens (including phenoxy) is 1. The highest BCUT2D eigenvalue weighted by Gasteiger charge is 2.46. The lowest BCUT2D eigenvalue weighted by Crippen LogP contribution is -2.41. The molecule has 0 spiro atoms. The first-order chi connectivity index (χ1) is 12.3. The fourth-order valence-electron chi connectivity index (χ4n) is 2.72. The van der Waals surface area contributed by atoms with Gasteiger partial charge in [-0.1, -0.05) is 12.1 Å². The first-order valence-corrected chi connectivity index (χ1v) is 7.84. The summed E-state index contributed by atoms with van der Waals surface area (Å²) in [4.78, 5) is 16.7. The zero-order chi connectivity index (χ0) is 20.6. The minimum atomic E-state index is -5.21. The standard InChI is InChI=1S/C16H17F6N3O2/c1-8(2)27-14(26)24-13-23-7-11(25(13)3)9-5-4-6-10(15(17,18)19)12(9)16(20,21)22/h4-6,8,11H,7H2,1-3H3,(H,23,24,26). The number of guanidine groups is 1. The van der Waals surface area contributed by atoms with E-state index in [1.54, 1.807) is 13.8 Å². The van der Waals surface area contributed by atoms with Gasteiger partial charge in [-0.2, -0.15) is 26.3 Å². The number of alkyl halides is 6. The second-order valence-corrected chi connectivity index (χ2v) is 6.14. The molecule has 0 aliphatic carbocycles.